The van der Waals surface area contributed by atoms with E-state index in [4.69, 9.17) is 9.47 Å². The molecule has 4 rings (SSSR count). The summed E-state index contributed by atoms with van der Waals surface area (Å²) >= 11 is 0. The van der Waals surface area contributed by atoms with Gasteiger partial charge in [0.05, 0.1) is 25.5 Å². The van der Waals surface area contributed by atoms with E-state index >= 15 is 0 Å². The second-order valence-electron chi connectivity index (χ2n) is 8.76. The number of nitrogens with one attached hydrogen (secondary N) is 1. The average molecular weight is 478 g/mol. The van der Waals surface area contributed by atoms with Gasteiger partial charge in [0.1, 0.15) is 5.82 Å². The number of halogens is 1. The van der Waals surface area contributed by atoms with Crippen molar-refractivity contribution in [2.75, 3.05) is 27.3 Å². The lowest BCUT2D eigenvalue weighted by molar-refractivity contribution is 0.0887. The smallest absolute Gasteiger partial charge is 0.253 e. The number of amides is 1. The third-order valence-corrected chi connectivity index (χ3v) is 6.63. The average Bonchev–Trinajstić information content (AvgIpc) is 2.90. The number of aromatic nitrogens is 1. The zero-order chi connectivity index (χ0) is 24.8. The fourth-order valence-electron chi connectivity index (χ4n) is 4.74. The Morgan fingerprint density at radius 2 is 1.86 bits per heavy atom. The van der Waals surface area contributed by atoms with Gasteiger partial charge in [0, 0.05) is 36.9 Å². The van der Waals surface area contributed by atoms with Crippen LogP contribution in [0.4, 0.5) is 4.39 Å². The number of methoxy groups -OCH3 is 2. The van der Waals surface area contributed by atoms with E-state index in [1.807, 2.05) is 6.07 Å². The summed E-state index contributed by atoms with van der Waals surface area (Å²) in [6, 6.07) is 16.3. The molecule has 7 heteroatoms. The summed E-state index contributed by atoms with van der Waals surface area (Å²) in [6.45, 7) is 3.98. The molecule has 184 valence electrons. The zero-order valence-electron chi connectivity index (χ0n) is 20.5. The van der Waals surface area contributed by atoms with Crippen molar-refractivity contribution >= 4 is 5.91 Å². The maximum atomic E-state index is 13.5. The topological polar surface area (TPSA) is 63.7 Å². The SMILES string of the molecule is CCC(c1ccc(OC)c(OC)c1)N1CCC(NC(=O)c2ccc(-c3cccc(F)c3)nc2)CC1. The first-order valence-electron chi connectivity index (χ1n) is 12.0. The molecule has 0 radical (unpaired) electrons. The summed E-state index contributed by atoms with van der Waals surface area (Å²) in [5.41, 5.74) is 3.03. The molecule has 6 nitrogen and oxygen atoms in total. The number of carbonyl (C=O) groups excluding carboxylic acids is 1. The van der Waals surface area contributed by atoms with Gasteiger partial charge in [-0.1, -0.05) is 25.1 Å². The number of carbonyl (C=O) groups is 1. The molecule has 1 fully saturated rings. The number of hydrogen-bond acceptors (Lipinski definition) is 5. The van der Waals surface area contributed by atoms with Crippen LogP contribution in [-0.2, 0) is 0 Å². The summed E-state index contributed by atoms with van der Waals surface area (Å²) in [5, 5.41) is 3.15. The molecule has 35 heavy (non-hydrogen) atoms. The summed E-state index contributed by atoms with van der Waals surface area (Å²) in [4.78, 5) is 19.6. The van der Waals surface area contributed by atoms with Gasteiger partial charge in [-0.15, -0.1) is 0 Å². The Morgan fingerprint density at radius 3 is 2.49 bits per heavy atom. The lowest BCUT2D eigenvalue weighted by Gasteiger charge is -2.38. The molecule has 2 heterocycles. The quantitative estimate of drug-likeness (QED) is 0.480. The number of rotatable bonds is 8. The number of likely N-dealkylation sites (tertiary alicyclic amines) is 1. The van der Waals surface area contributed by atoms with Crippen LogP contribution in [-0.4, -0.2) is 49.1 Å². The maximum Gasteiger partial charge on any atom is 0.253 e. The largest absolute Gasteiger partial charge is 0.493 e. The van der Waals surface area contributed by atoms with Gasteiger partial charge in [0.15, 0.2) is 11.5 Å². The number of pyridine rings is 1. The summed E-state index contributed by atoms with van der Waals surface area (Å²) in [5.74, 6) is 1.02. The highest BCUT2D eigenvalue weighted by atomic mass is 19.1. The second-order valence-corrected chi connectivity index (χ2v) is 8.76. The molecule has 1 saturated heterocycles. The summed E-state index contributed by atoms with van der Waals surface area (Å²) in [7, 11) is 3.30. The Balaban J connectivity index is 1.34. The van der Waals surface area contributed by atoms with E-state index in [0.29, 0.717) is 16.8 Å². The first-order valence-corrected chi connectivity index (χ1v) is 12.0. The number of piperidine rings is 1. The summed E-state index contributed by atoms with van der Waals surface area (Å²) in [6.07, 6.45) is 4.29. The second kappa shape index (κ2) is 11.3. The van der Waals surface area contributed by atoms with Crippen LogP contribution in [0.25, 0.3) is 11.3 Å². The van der Waals surface area contributed by atoms with E-state index in [1.165, 1.54) is 17.7 Å². The highest BCUT2D eigenvalue weighted by Crippen LogP contribution is 2.34. The highest BCUT2D eigenvalue weighted by Gasteiger charge is 2.27. The van der Waals surface area contributed by atoms with E-state index < -0.39 is 0 Å². The van der Waals surface area contributed by atoms with Gasteiger partial charge in [-0.05, 0) is 61.2 Å². The summed E-state index contributed by atoms with van der Waals surface area (Å²) < 4.78 is 24.3. The molecule has 0 spiro atoms. The normalized spacial score (nSPS) is 15.4. The fraction of sp³-hybridized carbons (Fsp3) is 0.357. The Bertz CT molecular complexity index is 1140. The van der Waals surface area contributed by atoms with Crippen molar-refractivity contribution < 1.29 is 18.7 Å². The molecule has 1 aliphatic rings. The molecule has 1 unspecified atom stereocenters. The van der Waals surface area contributed by atoms with Crippen LogP contribution in [0.5, 0.6) is 11.5 Å². The van der Waals surface area contributed by atoms with Crippen LogP contribution in [0.3, 0.4) is 0 Å². The molecule has 2 aromatic carbocycles. The van der Waals surface area contributed by atoms with Crippen molar-refractivity contribution in [2.24, 2.45) is 0 Å². The molecular formula is C28H32FN3O3. The van der Waals surface area contributed by atoms with Crippen LogP contribution in [0.2, 0.25) is 0 Å². The zero-order valence-corrected chi connectivity index (χ0v) is 20.5. The first-order chi connectivity index (χ1) is 17.0. The molecule has 0 bridgehead atoms. The molecule has 0 aliphatic carbocycles. The van der Waals surface area contributed by atoms with E-state index in [1.54, 1.807) is 44.7 Å². The lowest BCUT2D eigenvalue weighted by Crippen LogP contribution is -2.45. The van der Waals surface area contributed by atoms with Crippen LogP contribution < -0.4 is 14.8 Å². The Kier molecular flexibility index (Phi) is 7.98. The lowest BCUT2D eigenvalue weighted by atomic mass is 9.97. The van der Waals surface area contributed by atoms with Gasteiger partial charge in [-0.3, -0.25) is 14.7 Å². The molecule has 0 saturated carbocycles. The molecule has 1 aromatic heterocycles. The minimum atomic E-state index is -0.311. The van der Waals surface area contributed by atoms with Crippen LogP contribution >= 0.6 is 0 Å². The number of benzene rings is 2. The molecule has 1 aliphatic heterocycles. The van der Waals surface area contributed by atoms with Crippen molar-refractivity contribution in [2.45, 2.75) is 38.3 Å². The van der Waals surface area contributed by atoms with Crippen molar-refractivity contribution in [3.8, 4) is 22.8 Å². The van der Waals surface area contributed by atoms with E-state index in [9.17, 15) is 9.18 Å². The van der Waals surface area contributed by atoms with Crippen molar-refractivity contribution in [3.63, 3.8) is 0 Å². The monoisotopic (exact) mass is 477 g/mol. The van der Waals surface area contributed by atoms with Gasteiger partial charge in [0.25, 0.3) is 5.91 Å². The fourth-order valence-corrected chi connectivity index (χ4v) is 4.74. The van der Waals surface area contributed by atoms with Gasteiger partial charge in [0.2, 0.25) is 0 Å². The Hall–Kier alpha value is -3.45. The van der Waals surface area contributed by atoms with Gasteiger partial charge < -0.3 is 14.8 Å². The molecule has 1 N–H and O–H groups in total. The predicted octanol–water partition coefficient (Wildman–Crippen LogP) is 5.25. The van der Waals surface area contributed by atoms with E-state index in [-0.39, 0.29) is 23.8 Å². The Labute approximate surface area is 206 Å². The minimum absolute atomic E-state index is 0.115. The van der Waals surface area contributed by atoms with Crippen LogP contribution in [0.15, 0.2) is 60.8 Å². The Morgan fingerprint density at radius 1 is 1.09 bits per heavy atom. The molecule has 3 aromatic rings. The van der Waals surface area contributed by atoms with Crippen molar-refractivity contribution in [3.05, 3.63) is 77.7 Å². The predicted molar refractivity (Wildman–Crippen MR) is 134 cm³/mol. The van der Waals surface area contributed by atoms with Crippen LogP contribution in [0, 0.1) is 5.82 Å². The molecular weight excluding hydrogens is 445 g/mol. The molecule has 1 amide bonds. The maximum absolute atomic E-state index is 13.5. The van der Waals surface area contributed by atoms with Crippen molar-refractivity contribution in [1.82, 2.24) is 15.2 Å². The number of ether oxygens (including phenoxy) is 2. The van der Waals surface area contributed by atoms with Crippen LogP contribution in [0.1, 0.15) is 48.1 Å². The first kappa shape index (κ1) is 24.7. The minimum Gasteiger partial charge on any atom is -0.493 e. The molecule has 1 atom stereocenters. The van der Waals surface area contributed by atoms with Gasteiger partial charge >= 0.3 is 0 Å². The van der Waals surface area contributed by atoms with Crippen molar-refractivity contribution in [1.29, 1.82) is 0 Å². The van der Waals surface area contributed by atoms with Gasteiger partial charge in [-0.25, -0.2) is 4.39 Å². The van der Waals surface area contributed by atoms with E-state index in [2.05, 4.69) is 34.3 Å². The highest BCUT2D eigenvalue weighted by molar-refractivity contribution is 5.94. The van der Waals surface area contributed by atoms with Gasteiger partial charge in [-0.2, -0.15) is 0 Å². The third-order valence-electron chi connectivity index (χ3n) is 6.63. The number of hydrogen-bond donors (Lipinski definition) is 1. The third kappa shape index (κ3) is 5.80. The standard InChI is InChI=1S/C28H32FN3O3/c1-4-25(20-9-11-26(34-2)27(17-20)35-3)32-14-12-23(13-15-32)31-28(33)21-8-10-24(30-18-21)19-6-5-7-22(29)16-19/h5-11,16-18,23,25H,4,12-15H2,1-3H3,(H,31,33). The van der Waals surface area contributed by atoms with E-state index in [0.717, 1.165) is 43.9 Å². The number of nitrogens with zero attached hydrogens (tertiary/aromatic N) is 2.